The molecule has 0 fully saturated rings. The number of fused-ring (bicyclic) bond motifs is 8. The van der Waals surface area contributed by atoms with Crippen molar-refractivity contribution in [2.75, 3.05) is 35.5 Å². The van der Waals surface area contributed by atoms with Crippen molar-refractivity contribution in [3.8, 4) is 22.8 Å². The van der Waals surface area contributed by atoms with Crippen molar-refractivity contribution in [2.45, 2.75) is 132 Å². The molecule has 0 atom stereocenters. The Labute approximate surface area is 758 Å². The smallest absolute Gasteiger partial charge is 0.465 e. The summed E-state index contributed by atoms with van der Waals surface area (Å²) in [6.07, 6.45) is 0.526. The third kappa shape index (κ3) is 22.7. The van der Waals surface area contributed by atoms with E-state index in [1.807, 2.05) is 79.5 Å². The summed E-state index contributed by atoms with van der Waals surface area (Å²) in [5, 5.41) is 45.2. The Hall–Kier alpha value is -13.3. The van der Waals surface area contributed by atoms with Crippen LogP contribution in [-0.4, -0.2) is 194 Å². The first kappa shape index (κ1) is 95.4. The number of halogens is 1. The fourth-order valence-electron chi connectivity index (χ4n) is 12.6. The molecule has 0 saturated heterocycles. The van der Waals surface area contributed by atoms with E-state index in [0.29, 0.717) is 65.6 Å². The van der Waals surface area contributed by atoms with Gasteiger partial charge in [-0.15, -0.1) is 34.0 Å². The number of esters is 5. The summed E-state index contributed by atoms with van der Waals surface area (Å²) in [5.74, 6) is -2.18. The molecule has 0 aliphatic heterocycles. The van der Waals surface area contributed by atoms with Crippen LogP contribution in [0.25, 0.3) is 108 Å². The molecule has 668 valence electrons. The van der Waals surface area contributed by atoms with Crippen molar-refractivity contribution in [1.82, 2.24) is 53.4 Å². The second-order valence-corrected chi connectivity index (χ2v) is 37.0. The molecule has 0 unspecified atom stereocenters. The summed E-state index contributed by atoms with van der Waals surface area (Å²) < 4.78 is 60.6. The van der Waals surface area contributed by atoms with Crippen molar-refractivity contribution in [2.24, 2.45) is 0 Å². The summed E-state index contributed by atoms with van der Waals surface area (Å²) in [6.45, 7) is 26.7. The average molecular weight is 1910 g/mol. The molecule has 16 aromatic rings. The lowest BCUT2D eigenvalue weighted by atomic mass is 9.86. The van der Waals surface area contributed by atoms with Crippen LogP contribution in [0.3, 0.4) is 0 Å². The first-order valence-corrected chi connectivity index (χ1v) is 43.0. The summed E-state index contributed by atoms with van der Waals surface area (Å²) in [5.41, 5.74) is 6.96. The number of aromatic nitrogens is 11. The predicted molar refractivity (Wildman–Crippen MR) is 497 cm³/mol. The second kappa shape index (κ2) is 38.9. The Balaban J connectivity index is 0.000000153. The van der Waals surface area contributed by atoms with Crippen molar-refractivity contribution in [3.05, 3.63) is 200 Å². The normalized spacial score (nSPS) is 11.6. The van der Waals surface area contributed by atoms with Crippen molar-refractivity contribution < 1.29 is 105 Å². The number of nitrogens with one attached hydrogen (secondary N) is 3. The van der Waals surface area contributed by atoms with Crippen LogP contribution in [0.15, 0.2) is 168 Å². The van der Waals surface area contributed by atoms with E-state index < -0.39 is 83.5 Å². The first-order valence-electron chi connectivity index (χ1n) is 39.3. The zero-order chi connectivity index (χ0) is 93.6. The third-order valence-electron chi connectivity index (χ3n) is 18.0. The minimum absolute atomic E-state index is 0.0451. The van der Waals surface area contributed by atoms with Gasteiger partial charge in [0.05, 0.1) is 128 Å². The van der Waals surface area contributed by atoms with E-state index in [1.54, 1.807) is 197 Å². The predicted octanol–water partition coefficient (Wildman–Crippen LogP) is 19.2. The molecule has 11 heterocycles. The van der Waals surface area contributed by atoms with Crippen LogP contribution >= 0.6 is 56.6 Å². The van der Waals surface area contributed by atoms with Gasteiger partial charge in [0.15, 0.2) is 0 Å². The number of rotatable bonds is 8. The molecule has 128 heavy (non-hydrogen) atoms. The van der Waals surface area contributed by atoms with Crippen LogP contribution in [0, 0.1) is 3.70 Å². The topological polar surface area (TPSA) is 414 Å². The van der Waals surface area contributed by atoms with E-state index in [0.717, 1.165) is 67.3 Å². The number of benzene rings is 5. The van der Waals surface area contributed by atoms with Gasteiger partial charge in [-0.2, -0.15) is 24.7 Å². The third-order valence-corrected chi connectivity index (χ3v) is 21.8. The lowest BCUT2D eigenvalue weighted by molar-refractivity contribution is 0.0511. The molecule has 33 nitrogen and oxygen atoms in total. The number of carbonyl (C=O) groups is 10. The molecule has 5 N–H and O–H groups in total. The van der Waals surface area contributed by atoms with Gasteiger partial charge in [-0.1, -0.05) is 30.3 Å². The summed E-state index contributed by atoms with van der Waals surface area (Å²) in [6, 6.07) is 40.1. The van der Waals surface area contributed by atoms with Gasteiger partial charge in [-0.25, -0.2) is 52.5 Å². The minimum Gasteiger partial charge on any atom is -0.465 e. The summed E-state index contributed by atoms with van der Waals surface area (Å²) in [7, 11) is 4.76. The zero-order valence-corrected chi connectivity index (χ0v) is 78.1. The highest BCUT2D eigenvalue weighted by Gasteiger charge is 2.32. The lowest BCUT2D eigenvalue weighted by Gasteiger charge is -2.21. The van der Waals surface area contributed by atoms with E-state index >= 15 is 0 Å². The van der Waals surface area contributed by atoms with Crippen LogP contribution in [0.1, 0.15) is 156 Å². The molecule has 0 bridgehead atoms. The number of aromatic amines is 3. The van der Waals surface area contributed by atoms with Gasteiger partial charge in [0.25, 0.3) is 0 Å². The highest BCUT2D eigenvalue weighted by Crippen LogP contribution is 2.38. The number of hydrogen-bond donors (Lipinski definition) is 5. The number of methoxy groups -OCH3 is 5. The molecular formula is C90H93BIN11O22S3. The van der Waals surface area contributed by atoms with E-state index in [9.17, 15) is 58.0 Å². The molecule has 0 spiro atoms. The molecule has 0 amide bonds. The number of nitrogens with zero attached hydrogens (tertiary/aromatic N) is 8. The maximum Gasteiger partial charge on any atom is 0.506 e. The fraction of sp³-hybridized carbons (Fsp3) is 0.278. The van der Waals surface area contributed by atoms with Crippen molar-refractivity contribution in [3.63, 3.8) is 0 Å². The first-order chi connectivity index (χ1) is 60.2. The maximum absolute atomic E-state index is 13.4. The summed E-state index contributed by atoms with van der Waals surface area (Å²) in [4.78, 5) is 127. The average Bonchev–Trinajstić information content (AvgIpc) is 1.58. The molecule has 38 heteroatoms. The summed E-state index contributed by atoms with van der Waals surface area (Å²) >= 11 is 6.73. The zero-order valence-electron chi connectivity index (χ0n) is 73.5. The van der Waals surface area contributed by atoms with Crippen LogP contribution in [0.4, 0.5) is 24.0 Å². The molecule has 0 aliphatic carbocycles. The van der Waals surface area contributed by atoms with Gasteiger partial charge in [0, 0.05) is 39.6 Å². The number of H-pyrrole nitrogens is 3. The SMILES string of the molecule is CC(C)(C)OC(=O)n1nc(I)c2sccc21.COC(=O)c1ccc2cc(-c3n[nH]c4ccsc34)[nH]c2c1.COC(=O)c1ccc2cc(-c3nn(C(=O)OC(C)(C)C)c4ccsc34)n(C(=O)OC(C)(C)C)c2c1.COC(=O)c1ccc2cc(B(O)O)n(C(=O)OC(C)(C)C)c2c1.COC(=O)c1ccc2cc[nH]c2c1.COC(=O)c1ccc2ccn(C(=O)OC(C)(C)C)c2c1. The molecule has 0 saturated carbocycles. The van der Waals surface area contributed by atoms with Crippen molar-refractivity contribution in [1.29, 1.82) is 0 Å². The number of hydrogen-bond acceptors (Lipinski definition) is 28. The highest BCUT2D eigenvalue weighted by atomic mass is 127. The Morgan fingerprint density at radius 3 is 1.31 bits per heavy atom. The molecule has 0 radical (unpaired) electrons. The van der Waals surface area contributed by atoms with Crippen LogP contribution < -0.4 is 5.59 Å². The van der Waals surface area contributed by atoms with E-state index in [4.69, 9.17) is 33.2 Å². The van der Waals surface area contributed by atoms with Crippen LogP contribution in [0.2, 0.25) is 0 Å². The Kier molecular flexibility index (Phi) is 29.0. The quantitative estimate of drug-likeness (QED) is 0.0408. The number of thiophene rings is 3. The second-order valence-electron chi connectivity index (χ2n) is 33.2. The van der Waals surface area contributed by atoms with Gasteiger partial charge >= 0.3 is 67.4 Å². The number of ether oxygens (including phenoxy) is 10. The maximum atomic E-state index is 13.4. The van der Waals surface area contributed by atoms with Crippen molar-refractivity contribution >= 4 is 215 Å². The van der Waals surface area contributed by atoms with E-state index in [2.05, 4.69) is 67.2 Å². The van der Waals surface area contributed by atoms with Crippen LogP contribution in [0.5, 0.6) is 0 Å². The minimum atomic E-state index is -1.86. The Bertz CT molecular complexity index is 6890. The molecule has 0 aliphatic rings. The Morgan fingerprint density at radius 1 is 0.383 bits per heavy atom. The van der Waals surface area contributed by atoms with Gasteiger partial charge in [0.2, 0.25) is 0 Å². The van der Waals surface area contributed by atoms with Gasteiger partial charge in [0.1, 0.15) is 43.1 Å². The molecule has 5 aromatic carbocycles. The number of carbonyl (C=O) groups excluding carboxylic acids is 10. The lowest BCUT2D eigenvalue weighted by Crippen LogP contribution is -2.41. The van der Waals surface area contributed by atoms with Gasteiger partial charge < -0.3 is 67.4 Å². The largest absolute Gasteiger partial charge is 0.506 e. The highest BCUT2D eigenvalue weighted by molar-refractivity contribution is 14.1. The molecular weight excluding hydrogens is 1820 g/mol. The molecule has 11 aromatic heterocycles. The van der Waals surface area contributed by atoms with E-state index in [-0.39, 0.29) is 28.7 Å². The fourth-order valence-corrected chi connectivity index (χ4v) is 15.9. The standard InChI is InChI=1S/C25H27N3O6S.C15H18BNO6.C15H11N3O2S.C15H17NO4.C10H11IN2O2S.C10H9NO2/c1-24(2,3)33-22(30)27-17-13-15(21(29)32-7)9-8-14(17)12-18(27)19-20-16(10-11-35-20)28(26-19)23(31)34-25(4,5)6;1-15(2,3)23-14(19)17-11-7-10(13(18)22-4)6-5-9(11)8-12(17)16(20)21;1-20-15(19)9-3-2-8-6-12(16-11(8)7-9)13-14-10(17-18-13)4-5-21-14;1-15(2,3)20-14(18)16-8-7-10-5-6-11(9-12(10)16)13(17)19-4;1-10(2,3)15-9(14)13-6-4-5-16-7(6)8(11)12-13;1-13-10(12)8-3-2-7-4-5-11-9(7)6-8/h8-13H,1-7H3;5-8,20-21H,1-4H3;2-7,16H,1H3,(H,17,18);5-9H,1-4H3;4-5H,1-3H3;2-6,11H,1H3. The Morgan fingerprint density at radius 2 is 0.797 bits per heavy atom. The van der Waals surface area contributed by atoms with Gasteiger partial charge in [-0.3, -0.25) is 14.2 Å². The van der Waals surface area contributed by atoms with Gasteiger partial charge in [-0.05, 0) is 263 Å². The monoisotopic (exact) mass is 1910 g/mol. The molecule has 16 rings (SSSR count). The van der Waals surface area contributed by atoms with E-state index in [1.165, 1.54) is 83.6 Å². The van der Waals surface area contributed by atoms with Crippen LogP contribution in [-0.2, 0) is 47.4 Å².